The molecule has 17 heteroatoms. The third kappa shape index (κ3) is 4.47. The quantitative estimate of drug-likeness (QED) is 0.474. The van der Waals surface area contributed by atoms with Crippen molar-refractivity contribution in [1.29, 1.82) is 0 Å². The van der Waals surface area contributed by atoms with Crippen LogP contribution in [0.25, 0.3) is 0 Å². The van der Waals surface area contributed by atoms with E-state index in [-0.39, 0.29) is 46.7 Å². The Labute approximate surface area is 191 Å². The Morgan fingerprint density at radius 2 is 1.67 bits per heavy atom. The molecule has 0 radical (unpaired) electrons. The molecule has 0 aliphatic carbocycles. The number of nitrogens with zero attached hydrogens (tertiary/aromatic N) is 5. The lowest BCUT2D eigenvalue weighted by atomic mass is 9.95. The van der Waals surface area contributed by atoms with Crippen LogP contribution in [0.15, 0.2) is 22.8 Å². The van der Waals surface area contributed by atoms with E-state index in [0.717, 1.165) is 21.8 Å². The van der Waals surface area contributed by atoms with Crippen molar-refractivity contribution in [3.05, 3.63) is 28.6 Å². The zero-order valence-corrected chi connectivity index (χ0v) is 18.4. The summed E-state index contributed by atoms with van der Waals surface area (Å²) in [4.78, 5) is 11.9. The molecule has 2 aromatic rings. The molecule has 0 spiro atoms. The van der Waals surface area contributed by atoms with Gasteiger partial charge >= 0.3 is 12.4 Å². The van der Waals surface area contributed by atoms with Crippen LogP contribution < -0.4 is 4.90 Å². The molecule has 1 aliphatic rings. The van der Waals surface area contributed by atoms with Gasteiger partial charge in [-0.2, -0.15) is 30.6 Å². The van der Waals surface area contributed by atoms with Crippen LogP contribution in [0.2, 0.25) is 4.47 Å². The molecule has 0 bridgehead atoms. The molecule has 33 heavy (non-hydrogen) atoms. The summed E-state index contributed by atoms with van der Waals surface area (Å²) in [5, 5.41) is 9.43. The minimum absolute atomic E-state index is 0.00636. The summed E-state index contributed by atoms with van der Waals surface area (Å²) in [6, 6.07) is -0.994. The van der Waals surface area contributed by atoms with Gasteiger partial charge in [0.1, 0.15) is 6.04 Å². The van der Waals surface area contributed by atoms with E-state index in [1.807, 2.05) is 0 Å². The van der Waals surface area contributed by atoms with Crippen LogP contribution in [0, 0.1) is 12.3 Å². The molecule has 0 amide bonds. The third-order valence-electron chi connectivity index (χ3n) is 4.72. The molecule has 2 aromatic heterocycles. The standard InChI is InChI=1S/C16H12ClF6N5O3S2/c1-2-10-8-27(33(30,31)11-7-24-12(17)32-11)3-4-28(10)13-25-5-9(6-26-13)14(29,15(18,19)20)16(21,22)23/h1,5-7,10,29H,3-4,8H2. The second-order valence-corrected chi connectivity index (χ2v) is 10.4. The summed E-state index contributed by atoms with van der Waals surface area (Å²) >= 11 is 6.40. The largest absolute Gasteiger partial charge is 0.430 e. The first-order valence-electron chi connectivity index (χ1n) is 8.65. The molecule has 3 rings (SSSR count). The van der Waals surface area contributed by atoms with Gasteiger partial charge in [-0.05, 0) is 0 Å². The van der Waals surface area contributed by atoms with E-state index in [0.29, 0.717) is 0 Å². The van der Waals surface area contributed by atoms with E-state index in [9.17, 15) is 39.9 Å². The number of terminal acetylenes is 1. The fraction of sp³-hybridized carbons (Fsp3) is 0.438. The lowest BCUT2D eigenvalue weighted by Gasteiger charge is -2.38. The van der Waals surface area contributed by atoms with Gasteiger partial charge in [0.2, 0.25) is 5.95 Å². The second kappa shape index (κ2) is 8.55. The molecule has 0 aromatic carbocycles. The number of alkyl halides is 6. The van der Waals surface area contributed by atoms with E-state index < -0.39 is 39.6 Å². The highest BCUT2D eigenvalue weighted by atomic mass is 35.5. The Balaban J connectivity index is 1.86. The van der Waals surface area contributed by atoms with Gasteiger partial charge in [0.25, 0.3) is 15.6 Å². The number of aliphatic hydroxyl groups is 1. The maximum absolute atomic E-state index is 13.0. The Bertz CT molecular complexity index is 1150. The molecular weight excluding hydrogens is 524 g/mol. The Kier molecular flexibility index (Phi) is 6.59. The van der Waals surface area contributed by atoms with Crippen molar-refractivity contribution in [2.24, 2.45) is 0 Å². The molecule has 1 unspecified atom stereocenters. The van der Waals surface area contributed by atoms with Gasteiger partial charge < -0.3 is 10.0 Å². The van der Waals surface area contributed by atoms with E-state index in [1.165, 1.54) is 4.90 Å². The van der Waals surface area contributed by atoms with Gasteiger partial charge in [-0.25, -0.2) is 23.4 Å². The first-order chi connectivity index (χ1) is 15.1. The highest BCUT2D eigenvalue weighted by Crippen LogP contribution is 2.49. The summed E-state index contributed by atoms with van der Waals surface area (Å²) in [5.74, 6) is 1.96. The van der Waals surface area contributed by atoms with E-state index in [2.05, 4.69) is 20.9 Å². The average Bonchev–Trinajstić information content (AvgIpc) is 3.18. The highest BCUT2D eigenvalue weighted by Gasteiger charge is 2.71. The summed E-state index contributed by atoms with van der Waals surface area (Å²) < 4.78 is 104. The van der Waals surface area contributed by atoms with Crippen molar-refractivity contribution in [1.82, 2.24) is 19.3 Å². The zero-order valence-electron chi connectivity index (χ0n) is 16.0. The average molecular weight is 536 g/mol. The molecule has 0 saturated carbocycles. The fourth-order valence-electron chi connectivity index (χ4n) is 2.99. The Hall–Kier alpha value is -2.19. The van der Waals surface area contributed by atoms with Crippen molar-refractivity contribution < 1.29 is 39.9 Å². The van der Waals surface area contributed by atoms with Crippen molar-refractivity contribution in [3.8, 4) is 12.3 Å². The minimum Gasteiger partial charge on any atom is -0.369 e. The first kappa shape index (κ1) is 25.4. The Morgan fingerprint density at radius 3 is 2.12 bits per heavy atom. The number of aromatic nitrogens is 3. The van der Waals surface area contributed by atoms with Gasteiger partial charge in [-0.1, -0.05) is 28.9 Å². The molecule has 3 heterocycles. The second-order valence-electron chi connectivity index (χ2n) is 6.65. The van der Waals surface area contributed by atoms with Crippen molar-refractivity contribution in [3.63, 3.8) is 0 Å². The maximum atomic E-state index is 13.0. The smallest absolute Gasteiger partial charge is 0.369 e. The number of piperazine rings is 1. The maximum Gasteiger partial charge on any atom is 0.430 e. The molecular formula is C16H12ClF6N5O3S2. The van der Waals surface area contributed by atoms with Gasteiger partial charge in [-0.15, -0.1) is 6.42 Å². The van der Waals surface area contributed by atoms with E-state index in [1.54, 1.807) is 0 Å². The highest BCUT2D eigenvalue weighted by molar-refractivity contribution is 7.91. The predicted octanol–water partition coefficient (Wildman–Crippen LogP) is 2.41. The Morgan fingerprint density at radius 1 is 1.09 bits per heavy atom. The van der Waals surface area contributed by atoms with Gasteiger partial charge in [-0.3, -0.25) is 0 Å². The molecule has 1 saturated heterocycles. The van der Waals surface area contributed by atoms with Crippen LogP contribution >= 0.6 is 22.9 Å². The molecule has 1 aliphatic heterocycles. The molecule has 180 valence electrons. The molecule has 8 nitrogen and oxygen atoms in total. The van der Waals surface area contributed by atoms with Crippen LogP contribution in [0.4, 0.5) is 32.3 Å². The predicted molar refractivity (Wildman–Crippen MR) is 104 cm³/mol. The summed E-state index contributed by atoms with van der Waals surface area (Å²) in [7, 11) is -3.99. The lowest BCUT2D eigenvalue weighted by molar-refractivity contribution is -0.376. The number of rotatable bonds is 4. The number of halogens is 7. The van der Waals surface area contributed by atoms with Crippen molar-refractivity contribution >= 4 is 38.9 Å². The normalized spacial score (nSPS) is 18.9. The zero-order chi connectivity index (χ0) is 24.8. The summed E-state index contributed by atoms with van der Waals surface area (Å²) in [6.07, 6.45) is -5.26. The number of sulfonamides is 1. The monoisotopic (exact) mass is 535 g/mol. The molecule has 1 fully saturated rings. The minimum atomic E-state index is -6.09. The number of hydrogen-bond acceptors (Lipinski definition) is 8. The van der Waals surface area contributed by atoms with Crippen LogP contribution in [-0.4, -0.2) is 70.8 Å². The van der Waals surface area contributed by atoms with E-state index in [4.69, 9.17) is 18.0 Å². The summed E-state index contributed by atoms with van der Waals surface area (Å²) in [5.41, 5.74) is -6.81. The van der Waals surface area contributed by atoms with Gasteiger partial charge in [0.15, 0.2) is 8.68 Å². The molecule has 1 N–H and O–H groups in total. The van der Waals surface area contributed by atoms with Crippen molar-refractivity contribution in [2.75, 3.05) is 24.5 Å². The number of thiazole rings is 1. The van der Waals surface area contributed by atoms with Crippen molar-refractivity contribution in [2.45, 2.75) is 28.2 Å². The fourth-order valence-corrected chi connectivity index (χ4v) is 5.87. The van der Waals surface area contributed by atoms with Crippen LogP contribution in [0.3, 0.4) is 0 Å². The van der Waals surface area contributed by atoms with Crippen LogP contribution in [0.5, 0.6) is 0 Å². The third-order valence-corrected chi connectivity index (χ3v) is 8.14. The van der Waals surface area contributed by atoms with Crippen LogP contribution in [0.1, 0.15) is 5.56 Å². The number of hydrogen-bond donors (Lipinski definition) is 1. The van der Waals surface area contributed by atoms with Gasteiger partial charge in [0.05, 0.1) is 6.20 Å². The van der Waals surface area contributed by atoms with Gasteiger partial charge in [0, 0.05) is 37.6 Å². The van der Waals surface area contributed by atoms with E-state index >= 15 is 0 Å². The number of anilines is 1. The SMILES string of the molecule is C#CC1CN(S(=O)(=O)c2cnc(Cl)s2)CCN1c1ncc(C(O)(C(F)(F)F)C(F)(F)F)cn1. The molecule has 1 atom stereocenters. The van der Waals surface area contributed by atoms with Crippen LogP contribution in [-0.2, 0) is 15.6 Å². The summed E-state index contributed by atoms with van der Waals surface area (Å²) in [6.45, 7) is -0.534. The lowest BCUT2D eigenvalue weighted by Crippen LogP contribution is -2.55. The first-order valence-corrected chi connectivity index (χ1v) is 11.3. The topological polar surface area (TPSA) is 99.5 Å².